The van der Waals surface area contributed by atoms with Crippen molar-refractivity contribution in [2.24, 2.45) is 5.73 Å². The molecule has 0 aliphatic heterocycles. The van der Waals surface area contributed by atoms with E-state index in [0.717, 1.165) is 38.1 Å². The van der Waals surface area contributed by atoms with E-state index in [1.165, 1.54) is 5.57 Å². The predicted molar refractivity (Wildman–Crippen MR) is 59.3 cm³/mol. The molecule has 0 fully saturated rings. The summed E-state index contributed by atoms with van der Waals surface area (Å²) in [5.41, 5.74) is 7.31. The first-order valence-electron chi connectivity index (χ1n) is 5.59. The predicted octanol–water partition coefficient (Wildman–Crippen LogP) is 1.28. The summed E-state index contributed by atoms with van der Waals surface area (Å²) < 4.78 is 1.95. The van der Waals surface area contributed by atoms with Gasteiger partial charge in [0.05, 0.1) is 0 Å². The summed E-state index contributed by atoms with van der Waals surface area (Å²) in [6, 6.07) is 0.359. The summed E-state index contributed by atoms with van der Waals surface area (Å²) in [4.78, 5) is 4.28. The average molecular weight is 206 g/mol. The van der Waals surface area contributed by atoms with E-state index in [4.69, 9.17) is 5.73 Å². The zero-order chi connectivity index (χ0) is 10.7. The van der Waals surface area contributed by atoms with Crippen molar-refractivity contribution in [2.45, 2.75) is 45.2 Å². The molecule has 0 saturated heterocycles. The smallest absolute Gasteiger partial charge is 0.138 e. The minimum absolute atomic E-state index is 0.359. The molecule has 4 heteroatoms. The molecule has 1 atom stereocenters. The second kappa shape index (κ2) is 4.57. The molecule has 0 spiro atoms. The number of hydrogen-bond donors (Lipinski definition) is 1. The van der Waals surface area contributed by atoms with Crippen molar-refractivity contribution in [3.63, 3.8) is 0 Å². The van der Waals surface area contributed by atoms with Crippen LogP contribution in [0.1, 0.15) is 32.0 Å². The Bertz CT molecular complexity index is 353. The van der Waals surface area contributed by atoms with Crippen molar-refractivity contribution in [1.82, 2.24) is 14.8 Å². The summed E-state index contributed by atoms with van der Waals surface area (Å²) in [7, 11) is 0. The first-order chi connectivity index (χ1) is 7.29. The number of aromatic nitrogens is 3. The monoisotopic (exact) mass is 206 g/mol. The van der Waals surface area contributed by atoms with Gasteiger partial charge in [-0.2, -0.15) is 5.10 Å². The molecule has 2 N–H and O–H groups in total. The summed E-state index contributed by atoms with van der Waals surface area (Å²) in [6.45, 7) is 2.98. The molecular weight excluding hydrogens is 188 g/mol. The zero-order valence-corrected chi connectivity index (χ0v) is 9.19. The minimum atomic E-state index is 0.359. The van der Waals surface area contributed by atoms with Crippen LogP contribution in [0, 0.1) is 0 Å². The van der Waals surface area contributed by atoms with Gasteiger partial charge in [0, 0.05) is 19.0 Å². The van der Waals surface area contributed by atoms with E-state index in [1.807, 2.05) is 4.68 Å². The van der Waals surface area contributed by atoms with E-state index in [0.29, 0.717) is 6.04 Å². The van der Waals surface area contributed by atoms with Crippen molar-refractivity contribution in [2.75, 3.05) is 0 Å². The van der Waals surface area contributed by atoms with Gasteiger partial charge in [-0.3, -0.25) is 4.68 Å². The van der Waals surface area contributed by atoms with Crippen LogP contribution in [0.3, 0.4) is 0 Å². The van der Waals surface area contributed by atoms with Gasteiger partial charge in [-0.05, 0) is 26.2 Å². The third-order valence-electron chi connectivity index (χ3n) is 2.93. The van der Waals surface area contributed by atoms with E-state index < -0.39 is 0 Å². The summed E-state index contributed by atoms with van der Waals surface area (Å²) in [5.74, 6) is 1.07. The SMILES string of the molecule is CCn1ncnc1CC1=CCC(N)CC1. The number of rotatable bonds is 3. The number of hydrogen-bond acceptors (Lipinski definition) is 3. The molecule has 4 nitrogen and oxygen atoms in total. The maximum absolute atomic E-state index is 5.85. The van der Waals surface area contributed by atoms with Gasteiger partial charge in [0.25, 0.3) is 0 Å². The van der Waals surface area contributed by atoms with Gasteiger partial charge in [-0.1, -0.05) is 11.6 Å². The maximum atomic E-state index is 5.85. The van der Waals surface area contributed by atoms with Gasteiger partial charge in [-0.25, -0.2) is 4.98 Å². The highest BCUT2D eigenvalue weighted by Crippen LogP contribution is 2.19. The number of nitrogens with two attached hydrogens (primary N) is 1. The Balaban J connectivity index is 2.03. The Kier molecular flexibility index (Phi) is 3.16. The van der Waals surface area contributed by atoms with Crippen LogP contribution in [-0.2, 0) is 13.0 Å². The summed E-state index contributed by atoms with van der Waals surface area (Å²) >= 11 is 0. The largest absolute Gasteiger partial charge is 0.327 e. The lowest BCUT2D eigenvalue weighted by molar-refractivity contribution is 0.570. The molecule has 1 aromatic heterocycles. The first kappa shape index (κ1) is 10.4. The fourth-order valence-corrected chi connectivity index (χ4v) is 1.96. The van der Waals surface area contributed by atoms with Crippen LogP contribution in [-0.4, -0.2) is 20.8 Å². The highest BCUT2D eigenvalue weighted by molar-refractivity contribution is 5.13. The molecule has 0 aromatic carbocycles. The van der Waals surface area contributed by atoms with Gasteiger partial charge in [-0.15, -0.1) is 0 Å². The Morgan fingerprint density at radius 2 is 2.47 bits per heavy atom. The lowest BCUT2D eigenvalue weighted by Crippen LogP contribution is -2.22. The Labute approximate surface area is 90.2 Å². The van der Waals surface area contributed by atoms with Crippen molar-refractivity contribution < 1.29 is 0 Å². The number of aryl methyl sites for hydroxylation is 1. The van der Waals surface area contributed by atoms with Crippen molar-refractivity contribution in [1.29, 1.82) is 0 Å². The highest BCUT2D eigenvalue weighted by atomic mass is 15.3. The third kappa shape index (κ3) is 2.45. The lowest BCUT2D eigenvalue weighted by Gasteiger charge is -2.17. The molecule has 1 heterocycles. The zero-order valence-electron chi connectivity index (χ0n) is 9.19. The first-order valence-corrected chi connectivity index (χ1v) is 5.59. The Hall–Kier alpha value is -1.16. The molecule has 1 unspecified atom stereocenters. The summed E-state index contributed by atoms with van der Waals surface area (Å²) in [6.07, 6.45) is 8.05. The van der Waals surface area contributed by atoms with Crippen LogP contribution in [0.2, 0.25) is 0 Å². The second-order valence-electron chi connectivity index (χ2n) is 4.07. The second-order valence-corrected chi connectivity index (χ2v) is 4.07. The van der Waals surface area contributed by atoms with E-state index in [9.17, 15) is 0 Å². The topological polar surface area (TPSA) is 56.7 Å². The molecule has 0 bridgehead atoms. The average Bonchev–Trinajstić information content (AvgIpc) is 2.69. The van der Waals surface area contributed by atoms with Gasteiger partial charge in [0.1, 0.15) is 12.2 Å². The molecule has 0 amide bonds. The van der Waals surface area contributed by atoms with Crippen LogP contribution < -0.4 is 5.73 Å². The van der Waals surface area contributed by atoms with Crippen LogP contribution in [0.15, 0.2) is 18.0 Å². The molecule has 15 heavy (non-hydrogen) atoms. The molecule has 2 rings (SSSR count). The number of nitrogens with zero attached hydrogens (tertiary/aromatic N) is 3. The quantitative estimate of drug-likeness (QED) is 0.758. The van der Waals surface area contributed by atoms with E-state index in [2.05, 4.69) is 23.1 Å². The normalized spacial score (nSPS) is 21.5. The maximum Gasteiger partial charge on any atom is 0.138 e. The van der Waals surface area contributed by atoms with E-state index in [1.54, 1.807) is 6.33 Å². The van der Waals surface area contributed by atoms with Gasteiger partial charge >= 0.3 is 0 Å². The molecule has 0 saturated carbocycles. The molecule has 0 radical (unpaired) electrons. The Morgan fingerprint density at radius 1 is 1.60 bits per heavy atom. The highest BCUT2D eigenvalue weighted by Gasteiger charge is 2.12. The van der Waals surface area contributed by atoms with Crippen molar-refractivity contribution in [3.8, 4) is 0 Å². The van der Waals surface area contributed by atoms with Gasteiger partial charge in [0.2, 0.25) is 0 Å². The fourth-order valence-electron chi connectivity index (χ4n) is 1.96. The van der Waals surface area contributed by atoms with Crippen molar-refractivity contribution in [3.05, 3.63) is 23.8 Å². The molecule has 82 valence electrons. The van der Waals surface area contributed by atoms with E-state index >= 15 is 0 Å². The van der Waals surface area contributed by atoms with Crippen LogP contribution in [0.4, 0.5) is 0 Å². The third-order valence-corrected chi connectivity index (χ3v) is 2.93. The van der Waals surface area contributed by atoms with Crippen LogP contribution in [0.5, 0.6) is 0 Å². The van der Waals surface area contributed by atoms with E-state index in [-0.39, 0.29) is 0 Å². The van der Waals surface area contributed by atoms with Crippen LogP contribution >= 0.6 is 0 Å². The Morgan fingerprint density at radius 3 is 3.13 bits per heavy atom. The molecule has 1 aromatic rings. The molecule has 1 aliphatic carbocycles. The van der Waals surface area contributed by atoms with Crippen LogP contribution in [0.25, 0.3) is 0 Å². The number of allylic oxidation sites excluding steroid dienone is 1. The molecule has 1 aliphatic rings. The van der Waals surface area contributed by atoms with Gasteiger partial charge in [0.15, 0.2) is 0 Å². The standard InChI is InChI=1S/C11H18N4/c1-2-15-11(13-8-14-15)7-9-3-5-10(12)6-4-9/h3,8,10H,2,4-7,12H2,1H3. The minimum Gasteiger partial charge on any atom is -0.327 e. The summed E-state index contributed by atoms with van der Waals surface area (Å²) in [5, 5.41) is 4.17. The fraction of sp³-hybridized carbons (Fsp3) is 0.636. The molecular formula is C11H18N4. The van der Waals surface area contributed by atoms with Crippen molar-refractivity contribution >= 4 is 0 Å². The van der Waals surface area contributed by atoms with Gasteiger partial charge < -0.3 is 5.73 Å². The lowest BCUT2D eigenvalue weighted by atomic mass is 9.94.